The number of nitrogens with one attached hydrogen (secondary N) is 2. The number of anilines is 3. The molecule has 11 heteroatoms. The van der Waals surface area contributed by atoms with Crippen LogP contribution in [-0.4, -0.2) is 74.5 Å². The molecule has 0 aromatic carbocycles. The van der Waals surface area contributed by atoms with Crippen molar-refractivity contribution in [1.82, 2.24) is 25.1 Å². The number of rotatable bonds is 5. The maximum Gasteiger partial charge on any atom is 0.407 e. The van der Waals surface area contributed by atoms with E-state index in [0.29, 0.717) is 30.4 Å². The predicted octanol–water partition coefficient (Wildman–Crippen LogP) is 2.15. The van der Waals surface area contributed by atoms with Gasteiger partial charge in [-0.1, -0.05) is 0 Å². The molecule has 11 nitrogen and oxygen atoms in total. The largest absolute Gasteiger partial charge is 0.465 e. The zero-order valence-corrected chi connectivity index (χ0v) is 17.1. The SMILES string of the molecule is COC(=O)c1cc(Nc2cc(C)[nH]n2)nc(N(C)[C@@H]2C[C@H]3CC[C@@H](C2)N3C(=O)O)n1. The molecule has 2 saturated heterocycles. The number of H-pyrrole nitrogens is 1. The summed E-state index contributed by atoms with van der Waals surface area (Å²) in [5.74, 6) is 0.808. The van der Waals surface area contributed by atoms with Crippen LogP contribution in [-0.2, 0) is 4.74 Å². The van der Waals surface area contributed by atoms with E-state index in [-0.39, 0.29) is 23.8 Å². The lowest BCUT2D eigenvalue weighted by molar-refractivity contribution is 0.0593. The summed E-state index contributed by atoms with van der Waals surface area (Å²) in [6.07, 6.45) is 2.29. The minimum absolute atomic E-state index is 0.00196. The fourth-order valence-corrected chi connectivity index (χ4v) is 4.42. The number of piperidine rings is 1. The summed E-state index contributed by atoms with van der Waals surface area (Å²) in [5.41, 5.74) is 1.02. The van der Waals surface area contributed by atoms with Crippen LogP contribution < -0.4 is 10.2 Å². The highest BCUT2D eigenvalue weighted by atomic mass is 16.5. The highest BCUT2D eigenvalue weighted by Crippen LogP contribution is 2.38. The number of fused-ring (bicyclic) bond motifs is 2. The number of aromatic amines is 1. The van der Waals surface area contributed by atoms with Crippen molar-refractivity contribution in [3.05, 3.63) is 23.5 Å². The van der Waals surface area contributed by atoms with Gasteiger partial charge in [0.1, 0.15) is 5.82 Å². The predicted molar refractivity (Wildman–Crippen MR) is 108 cm³/mol. The van der Waals surface area contributed by atoms with Gasteiger partial charge in [0.25, 0.3) is 0 Å². The molecule has 3 N–H and O–H groups in total. The van der Waals surface area contributed by atoms with Gasteiger partial charge in [0.05, 0.1) is 7.11 Å². The second kappa shape index (κ2) is 7.81. The third kappa shape index (κ3) is 3.74. The Kier molecular flexibility index (Phi) is 5.18. The second-order valence-corrected chi connectivity index (χ2v) is 7.80. The van der Waals surface area contributed by atoms with E-state index in [1.54, 1.807) is 4.90 Å². The Morgan fingerprint density at radius 3 is 2.50 bits per heavy atom. The molecule has 0 unspecified atom stereocenters. The number of nitrogens with zero attached hydrogens (tertiary/aromatic N) is 5. The van der Waals surface area contributed by atoms with E-state index >= 15 is 0 Å². The summed E-state index contributed by atoms with van der Waals surface area (Å²) >= 11 is 0. The van der Waals surface area contributed by atoms with Crippen LogP contribution in [0.25, 0.3) is 0 Å². The molecule has 30 heavy (non-hydrogen) atoms. The molecule has 0 radical (unpaired) electrons. The number of carbonyl (C=O) groups is 2. The van der Waals surface area contributed by atoms with Crippen LogP contribution in [0.3, 0.4) is 0 Å². The third-order valence-corrected chi connectivity index (χ3v) is 5.86. The van der Waals surface area contributed by atoms with Gasteiger partial charge >= 0.3 is 12.1 Å². The quantitative estimate of drug-likeness (QED) is 0.627. The van der Waals surface area contributed by atoms with Crippen molar-refractivity contribution in [2.75, 3.05) is 24.4 Å². The van der Waals surface area contributed by atoms with Crippen molar-refractivity contribution in [2.24, 2.45) is 0 Å². The van der Waals surface area contributed by atoms with Crippen LogP contribution in [0.15, 0.2) is 12.1 Å². The van der Waals surface area contributed by atoms with Crippen molar-refractivity contribution in [1.29, 1.82) is 0 Å². The molecule has 0 spiro atoms. The first-order valence-corrected chi connectivity index (χ1v) is 9.86. The summed E-state index contributed by atoms with van der Waals surface area (Å²) < 4.78 is 4.84. The summed E-state index contributed by atoms with van der Waals surface area (Å²) in [6.45, 7) is 1.88. The number of esters is 1. The van der Waals surface area contributed by atoms with E-state index in [1.165, 1.54) is 13.2 Å². The van der Waals surface area contributed by atoms with Crippen LogP contribution in [0.2, 0.25) is 0 Å². The number of carbonyl (C=O) groups excluding carboxylic acids is 1. The average Bonchev–Trinajstić information content (AvgIpc) is 3.25. The highest BCUT2D eigenvalue weighted by molar-refractivity contribution is 5.88. The van der Waals surface area contributed by atoms with E-state index in [0.717, 1.165) is 18.5 Å². The average molecular weight is 415 g/mol. The fraction of sp³-hybridized carbons (Fsp3) is 0.526. The van der Waals surface area contributed by atoms with Crippen LogP contribution in [0.5, 0.6) is 0 Å². The number of aryl methyl sites for hydroxylation is 1. The smallest absolute Gasteiger partial charge is 0.407 e. The normalized spacial score (nSPS) is 22.6. The summed E-state index contributed by atoms with van der Waals surface area (Å²) in [4.78, 5) is 36.2. The lowest BCUT2D eigenvalue weighted by Gasteiger charge is -2.40. The summed E-state index contributed by atoms with van der Waals surface area (Å²) in [7, 11) is 3.18. The van der Waals surface area contributed by atoms with Crippen molar-refractivity contribution >= 4 is 29.6 Å². The van der Waals surface area contributed by atoms with E-state index in [4.69, 9.17) is 4.74 Å². The second-order valence-electron chi connectivity index (χ2n) is 7.80. The molecule has 2 aromatic rings. The van der Waals surface area contributed by atoms with E-state index in [9.17, 15) is 14.7 Å². The zero-order valence-electron chi connectivity index (χ0n) is 17.1. The first-order valence-electron chi connectivity index (χ1n) is 9.86. The zero-order chi connectivity index (χ0) is 21.4. The van der Waals surface area contributed by atoms with Crippen LogP contribution >= 0.6 is 0 Å². The number of hydrogen-bond acceptors (Lipinski definition) is 8. The Morgan fingerprint density at radius 2 is 1.93 bits per heavy atom. The van der Waals surface area contributed by atoms with Crippen LogP contribution in [0, 0.1) is 6.92 Å². The maximum absolute atomic E-state index is 12.2. The molecule has 160 valence electrons. The van der Waals surface area contributed by atoms with Crippen LogP contribution in [0.1, 0.15) is 41.9 Å². The Balaban J connectivity index is 1.60. The molecule has 0 saturated carbocycles. The van der Waals surface area contributed by atoms with Crippen molar-refractivity contribution in [3.8, 4) is 0 Å². The molecule has 3 atom stereocenters. The monoisotopic (exact) mass is 415 g/mol. The highest BCUT2D eigenvalue weighted by Gasteiger charge is 2.44. The van der Waals surface area contributed by atoms with Gasteiger partial charge in [0, 0.05) is 43.0 Å². The molecule has 4 rings (SSSR count). The molecule has 0 aliphatic carbocycles. The number of methoxy groups -OCH3 is 1. The minimum atomic E-state index is -0.853. The molecule has 1 amide bonds. The lowest BCUT2D eigenvalue weighted by atomic mass is 9.97. The first kappa shape index (κ1) is 19.9. The van der Waals surface area contributed by atoms with E-state index < -0.39 is 12.1 Å². The van der Waals surface area contributed by atoms with E-state index in [2.05, 4.69) is 25.5 Å². The molecule has 2 bridgehead atoms. The molecule has 2 aliphatic rings. The number of ether oxygens (including phenoxy) is 1. The van der Waals surface area contributed by atoms with E-state index in [1.807, 2.05) is 24.9 Å². The van der Waals surface area contributed by atoms with Gasteiger partial charge in [0.2, 0.25) is 5.95 Å². The minimum Gasteiger partial charge on any atom is -0.465 e. The lowest BCUT2D eigenvalue weighted by Crippen LogP contribution is -2.51. The molecule has 2 aromatic heterocycles. The Morgan fingerprint density at radius 1 is 1.23 bits per heavy atom. The summed E-state index contributed by atoms with van der Waals surface area (Å²) in [6, 6.07) is 3.42. The molecule has 2 fully saturated rings. The Bertz CT molecular complexity index is 948. The molecule has 2 aliphatic heterocycles. The van der Waals surface area contributed by atoms with Gasteiger partial charge in [-0.15, -0.1) is 0 Å². The topological polar surface area (TPSA) is 137 Å². The third-order valence-electron chi connectivity index (χ3n) is 5.86. The number of hydrogen-bond donors (Lipinski definition) is 3. The Hall–Kier alpha value is -3.37. The van der Waals surface area contributed by atoms with Gasteiger partial charge in [0.15, 0.2) is 11.5 Å². The first-order chi connectivity index (χ1) is 14.4. The van der Waals surface area contributed by atoms with Crippen LogP contribution in [0.4, 0.5) is 22.4 Å². The number of amides is 1. The maximum atomic E-state index is 12.2. The number of aromatic nitrogens is 4. The molecular formula is C19H25N7O4. The van der Waals surface area contributed by atoms with Gasteiger partial charge in [-0.2, -0.15) is 10.1 Å². The molecule has 4 heterocycles. The van der Waals surface area contributed by atoms with Crippen molar-refractivity contribution < 1.29 is 19.4 Å². The summed E-state index contributed by atoms with van der Waals surface area (Å²) in [5, 5.41) is 19.5. The van der Waals surface area contributed by atoms with Gasteiger partial charge < -0.3 is 25.0 Å². The van der Waals surface area contributed by atoms with Crippen molar-refractivity contribution in [2.45, 2.75) is 50.7 Å². The van der Waals surface area contributed by atoms with Crippen molar-refractivity contribution in [3.63, 3.8) is 0 Å². The fourth-order valence-electron chi connectivity index (χ4n) is 4.42. The standard InChI is InChI=1S/C19H25N7O4/c1-10-6-16(24-23-10)21-15-9-14(17(27)30-3)20-18(22-15)25(2)13-7-11-4-5-12(8-13)26(11)19(28)29/h6,9,11-13H,4-5,7-8H2,1-3H3,(H,28,29)(H2,20,21,22,23,24)/t11-,12+,13-. The van der Waals surface area contributed by atoms with Gasteiger partial charge in [-0.3, -0.25) is 5.10 Å². The number of carboxylic acid groups (broad SMARTS) is 1. The Labute approximate surface area is 173 Å². The molecular weight excluding hydrogens is 390 g/mol. The van der Waals surface area contributed by atoms with Gasteiger partial charge in [-0.05, 0) is 32.6 Å². The van der Waals surface area contributed by atoms with Gasteiger partial charge in [-0.25, -0.2) is 14.6 Å².